The lowest BCUT2D eigenvalue weighted by Gasteiger charge is -2.20. The van der Waals surface area contributed by atoms with Gasteiger partial charge in [-0.2, -0.15) is 28.5 Å². The summed E-state index contributed by atoms with van der Waals surface area (Å²) in [5.74, 6) is -0.883. The third-order valence-electron chi connectivity index (χ3n) is 4.63. The zero-order valence-corrected chi connectivity index (χ0v) is 17.4. The number of aromatic amines is 1. The zero-order chi connectivity index (χ0) is 23.9. The molecule has 0 spiro atoms. The molecule has 1 atom stereocenters. The third-order valence-corrected chi connectivity index (χ3v) is 4.95. The number of benzene rings is 1. The van der Waals surface area contributed by atoms with E-state index in [9.17, 15) is 23.2 Å². The van der Waals surface area contributed by atoms with Crippen LogP contribution in [0.25, 0.3) is 16.7 Å². The summed E-state index contributed by atoms with van der Waals surface area (Å²) < 4.78 is 41.2. The molecule has 4 aromatic rings. The average molecular weight is 476 g/mol. The number of aromatic nitrogens is 6. The van der Waals surface area contributed by atoms with E-state index >= 15 is 0 Å². The molecule has 0 bridgehead atoms. The summed E-state index contributed by atoms with van der Waals surface area (Å²) in [6.07, 6.45) is -3.45. The number of hydrogen-bond acceptors (Lipinski definition) is 8. The normalized spacial score (nSPS) is 12.5. The highest BCUT2D eigenvalue weighted by molar-refractivity contribution is 6.35. The van der Waals surface area contributed by atoms with Crippen LogP contribution in [0, 0.1) is 11.3 Å². The molecule has 0 saturated carbocycles. The van der Waals surface area contributed by atoms with Gasteiger partial charge in [0.15, 0.2) is 17.3 Å². The van der Waals surface area contributed by atoms with Crippen LogP contribution < -0.4 is 16.6 Å². The minimum atomic E-state index is -4.93. The van der Waals surface area contributed by atoms with Crippen molar-refractivity contribution in [2.45, 2.75) is 19.1 Å². The van der Waals surface area contributed by atoms with E-state index in [1.165, 1.54) is 31.3 Å². The van der Waals surface area contributed by atoms with Gasteiger partial charge in [0.25, 0.3) is 5.56 Å². The van der Waals surface area contributed by atoms with Crippen molar-refractivity contribution in [3.63, 3.8) is 0 Å². The van der Waals surface area contributed by atoms with Crippen LogP contribution in [0.2, 0.25) is 5.02 Å². The number of nitrogens with one attached hydrogen (secondary N) is 2. The molecule has 4 rings (SSSR count). The largest absolute Gasteiger partial charge is 0.434 e. The van der Waals surface area contributed by atoms with Gasteiger partial charge in [0.05, 0.1) is 22.0 Å². The number of rotatable bonds is 4. The standard InChI is InChI=1S/C19H13ClF3N9O/c1-8(27-15-9(7-24)14(19(21,22)23)29-18(25)30-15)16-28-11-4-2-3-10(20)13(11)17(33)32(16)12-5-6-26-31-12/h2-6,8H,1H3,(H,26,31)(H3,25,27,29,30). The Labute approximate surface area is 187 Å². The van der Waals surface area contributed by atoms with Crippen molar-refractivity contribution >= 4 is 34.3 Å². The molecule has 0 aliphatic carbocycles. The second-order valence-corrected chi connectivity index (χ2v) is 7.21. The van der Waals surface area contributed by atoms with Crippen LogP contribution in [0.4, 0.5) is 24.9 Å². The number of hydrogen-bond donors (Lipinski definition) is 3. The highest BCUT2D eigenvalue weighted by atomic mass is 35.5. The van der Waals surface area contributed by atoms with Gasteiger partial charge in [0.1, 0.15) is 17.5 Å². The van der Waals surface area contributed by atoms with Gasteiger partial charge in [0.2, 0.25) is 5.95 Å². The second kappa shape index (κ2) is 8.06. The fourth-order valence-corrected chi connectivity index (χ4v) is 3.51. The molecule has 0 aliphatic rings. The number of fused-ring (bicyclic) bond motifs is 1. The molecule has 168 valence electrons. The van der Waals surface area contributed by atoms with Gasteiger partial charge in [-0.1, -0.05) is 17.7 Å². The summed E-state index contributed by atoms with van der Waals surface area (Å²) in [6, 6.07) is 6.74. The summed E-state index contributed by atoms with van der Waals surface area (Å²) in [7, 11) is 0. The predicted octanol–water partition coefficient (Wildman–Crippen LogP) is 3.20. The second-order valence-electron chi connectivity index (χ2n) is 6.81. The van der Waals surface area contributed by atoms with Crippen LogP contribution in [-0.4, -0.2) is 29.7 Å². The fraction of sp³-hybridized carbons (Fsp3) is 0.158. The zero-order valence-electron chi connectivity index (χ0n) is 16.6. The molecule has 10 nitrogen and oxygen atoms in total. The molecular weight excluding hydrogens is 463 g/mol. The van der Waals surface area contributed by atoms with Gasteiger partial charge in [-0.05, 0) is 19.1 Å². The molecule has 1 aromatic carbocycles. The van der Waals surface area contributed by atoms with Crippen molar-refractivity contribution in [3.8, 4) is 11.9 Å². The fourth-order valence-electron chi connectivity index (χ4n) is 3.26. The summed E-state index contributed by atoms with van der Waals surface area (Å²) in [5.41, 5.74) is 2.85. The molecule has 4 N–H and O–H groups in total. The van der Waals surface area contributed by atoms with Gasteiger partial charge < -0.3 is 11.1 Å². The molecule has 14 heteroatoms. The molecule has 0 fully saturated rings. The Bertz CT molecular complexity index is 1460. The van der Waals surface area contributed by atoms with Crippen molar-refractivity contribution in [1.29, 1.82) is 5.26 Å². The lowest BCUT2D eigenvalue weighted by Crippen LogP contribution is -2.28. The van der Waals surface area contributed by atoms with E-state index in [2.05, 4.69) is 30.5 Å². The van der Waals surface area contributed by atoms with Gasteiger partial charge in [-0.3, -0.25) is 9.89 Å². The number of nitriles is 1. The average Bonchev–Trinajstić information content (AvgIpc) is 3.26. The third kappa shape index (κ3) is 3.92. The maximum Gasteiger partial charge on any atom is 0.434 e. The molecule has 3 aromatic heterocycles. The van der Waals surface area contributed by atoms with E-state index in [1.54, 1.807) is 12.1 Å². The summed E-state index contributed by atoms with van der Waals surface area (Å²) in [5, 5.41) is 18.9. The minimum absolute atomic E-state index is 0.0801. The lowest BCUT2D eigenvalue weighted by atomic mass is 10.2. The molecule has 0 aliphatic heterocycles. The Morgan fingerprint density at radius 2 is 2.03 bits per heavy atom. The Kier molecular flexibility index (Phi) is 5.38. The minimum Gasteiger partial charge on any atom is -0.368 e. The molecule has 33 heavy (non-hydrogen) atoms. The highest BCUT2D eigenvalue weighted by Gasteiger charge is 2.38. The van der Waals surface area contributed by atoms with Gasteiger partial charge >= 0.3 is 6.18 Å². The molecule has 0 saturated heterocycles. The van der Waals surface area contributed by atoms with Crippen LogP contribution in [0.15, 0.2) is 35.3 Å². The van der Waals surface area contributed by atoms with Gasteiger partial charge in [-0.15, -0.1) is 0 Å². The number of halogens is 4. The van der Waals surface area contributed by atoms with E-state index in [1.807, 2.05) is 0 Å². The van der Waals surface area contributed by atoms with Crippen molar-refractivity contribution < 1.29 is 13.2 Å². The summed E-state index contributed by atoms with van der Waals surface area (Å²) in [6.45, 7) is 1.52. The van der Waals surface area contributed by atoms with Crippen molar-refractivity contribution in [1.82, 2.24) is 29.7 Å². The Hall–Kier alpha value is -4.18. The van der Waals surface area contributed by atoms with Crippen molar-refractivity contribution in [2.24, 2.45) is 0 Å². The first-order chi connectivity index (χ1) is 15.6. The lowest BCUT2D eigenvalue weighted by molar-refractivity contribution is -0.141. The maximum atomic E-state index is 13.4. The SMILES string of the molecule is CC(Nc1nc(N)nc(C(F)(F)F)c1C#N)c1nc2cccc(Cl)c2c(=O)n1-c1cc[nH]n1. The van der Waals surface area contributed by atoms with Crippen molar-refractivity contribution in [3.05, 3.63) is 62.9 Å². The molecule has 0 radical (unpaired) electrons. The first kappa shape index (κ1) is 22.0. The van der Waals surface area contributed by atoms with E-state index in [4.69, 9.17) is 17.3 Å². The Morgan fingerprint density at radius 1 is 1.27 bits per heavy atom. The molecule has 3 heterocycles. The molecular formula is C19H13ClF3N9O. The van der Waals surface area contributed by atoms with E-state index in [-0.39, 0.29) is 27.6 Å². The van der Waals surface area contributed by atoms with E-state index < -0.39 is 40.8 Å². The Balaban J connectivity index is 1.91. The van der Waals surface area contributed by atoms with Crippen LogP contribution >= 0.6 is 11.6 Å². The number of anilines is 2. The first-order valence-corrected chi connectivity index (χ1v) is 9.62. The predicted molar refractivity (Wildman–Crippen MR) is 113 cm³/mol. The number of nitrogen functional groups attached to an aromatic ring is 1. The quantitative estimate of drug-likeness (QED) is 0.407. The number of H-pyrrole nitrogens is 1. The Morgan fingerprint density at radius 3 is 2.67 bits per heavy atom. The van der Waals surface area contributed by atoms with Gasteiger partial charge in [0, 0.05) is 12.3 Å². The van der Waals surface area contributed by atoms with Crippen molar-refractivity contribution in [2.75, 3.05) is 11.1 Å². The first-order valence-electron chi connectivity index (χ1n) is 9.24. The molecule has 0 amide bonds. The number of alkyl halides is 3. The van der Waals surface area contributed by atoms with Crippen LogP contribution in [0.5, 0.6) is 0 Å². The maximum absolute atomic E-state index is 13.4. The topological polar surface area (TPSA) is 151 Å². The van der Waals surface area contributed by atoms with Crippen LogP contribution in [0.3, 0.4) is 0 Å². The highest BCUT2D eigenvalue weighted by Crippen LogP contribution is 2.34. The molecule has 1 unspecified atom stereocenters. The number of nitrogens with zero attached hydrogens (tertiary/aromatic N) is 6. The van der Waals surface area contributed by atoms with Crippen LogP contribution in [-0.2, 0) is 6.18 Å². The van der Waals surface area contributed by atoms with Gasteiger partial charge in [-0.25, -0.2) is 14.5 Å². The van der Waals surface area contributed by atoms with E-state index in [0.29, 0.717) is 0 Å². The smallest absolute Gasteiger partial charge is 0.368 e. The summed E-state index contributed by atoms with van der Waals surface area (Å²) >= 11 is 6.20. The monoisotopic (exact) mass is 475 g/mol. The van der Waals surface area contributed by atoms with E-state index in [0.717, 1.165) is 4.57 Å². The number of nitrogens with two attached hydrogens (primary N) is 1. The summed E-state index contributed by atoms with van der Waals surface area (Å²) in [4.78, 5) is 24.7. The van der Waals surface area contributed by atoms with Crippen LogP contribution in [0.1, 0.15) is 30.0 Å².